The van der Waals surface area contributed by atoms with Gasteiger partial charge >= 0.3 is 0 Å². The Labute approximate surface area is 134 Å². The van der Waals surface area contributed by atoms with Gasteiger partial charge in [-0.05, 0) is 18.9 Å². The molecule has 23 heavy (non-hydrogen) atoms. The van der Waals surface area contributed by atoms with Gasteiger partial charge in [0.05, 0.1) is 23.6 Å². The Kier molecular flexibility index (Phi) is 4.43. The molecule has 116 valence electrons. The van der Waals surface area contributed by atoms with Crippen molar-refractivity contribution in [2.24, 2.45) is 0 Å². The molecule has 0 unspecified atom stereocenters. The molecule has 0 bridgehead atoms. The summed E-state index contributed by atoms with van der Waals surface area (Å²) in [7, 11) is 0. The molecule has 0 atom stereocenters. The topological polar surface area (TPSA) is 94.8 Å². The molecule has 3 rings (SSSR count). The molecule has 7 heteroatoms. The minimum Gasteiger partial charge on any atom is -0.369 e. The van der Waals surface area contributed by atoms with E-state index in [0.29, 0.717) is 11.3 Å². The fraction of sp³-hybridized carbons (Fsp3) is 0.312. The number of carbonyl (C=O) groups excluding carboxylic acids is 1. The normalized spacial score (nSPS) is 15.0. The molecule has 7 nitrogen and oxygen atoms in total. The van der Waals surface area contributed by atoms with E-state index in [1.807, 2.05) is 0 Å². The molecule has 0 radical (unpaired) electrons. The number of pyridine rings is 1. The van der Waals surface area contributed by atoms with Gasteiger partial charge in [0.15, 0.2) is 0 Å². The van der Waals surface area contributed by atoms with Gasteiger partial charge in [0, 0.05) is 37.7 Å². The summed E-state index contributed by atoms with van der Waals surface area (Å²) in [5.74, 6) is -0.198. The zero-order chi connectivity index (χ0) is 16.1. The summed E-state index contributed by atoms with van der Waals surface area (Å²) in [5, 5.41) is 12.2. The first-order chi connectivity index (χ1) is 11.3. The fourth-order valence-corrected chi connectivity index (χ4v) is 2.67. The number of anilines is 1. The van der Waals surface area contributed by atoms with Gasteiger partial charge < -0.3 is 10.2 Å². The lowest BCUT2D eigenvalue weighted by Crippen LogP contribution is -2.45. The van der Waals surface area contributed by atoms with Gasteiger partial charge in [-0.15, -0.1) is 0 Å². The average Bonchev–Trinajstić information content (AvgIpc) is 2.63. The Bertz CT molecular complexity index is 719. The maximum absolute atomic E-state index is 12.1. The monoisotopic (exact) mass is 308 g/mol. The van der Waals surface area contributed by atoms with Crippen LogP contribution >= 0.6 is 0 Å². The summed E-state index contributed by atoms with van der Waals surface area (Å²) in [4.78, 5) is 26.2. The third-order valence-electron chi connectivity index (χ3n) is 3.89. The quantitative estimate of drug-likeness (QED) is 0.913. The highest BCUT2D eigenvalue weighted by Gasteiger charge is 2.23. The zero-order valence-electron chi connectivity index (χ0n) is 12.5. The second kappa shape index (κ2) is 6.83. The Hall–Kier alpha value is -3.01. The van der Waals surface area contributed by atoms with Crippen molar-refractivity contribution in [1.82, 2.24) is 20.3 Å². The molecule has 1 aliphatic rings. The minimum absolute atomic E-state index is 0.1000. The number of nitriles is 1. The summed E-state index contributed by atoms with van der Waals surface area (Å²) >= 11 is 0. The van der Waals surface area contributed by atoms with Crippen LogP contribution in [-0.2, 0) is 0 Å². The highest BCUT2D eigenvalue weighted by Crippen LogP contribution is 2.22. The van der Waals surface area contributed by atoms with E-state index in [4.69, 9.17) is 0 Å². The van der Waals surface area contributed by atoms with E-state index >= 15 is 0 Å². The molecule has 2 aromatic rings. The maximum atomic E-state index is 12.1. The van der Waals surface area contributed by atoms with Crippen LogP contribution in [0.25, 0.3) is 0 Å². The Morgan fingerprint density at radius 1 is 1.22 bits per heavy atom. The smallest absolute Gasteiger partial charge is 0.271 e. The van der Waals surface area contributed by atoms with Gasteiger partial charge in [-0.1, -0.05) is 0 Å². The molecular formula is C16H16N6O. The van der Waals surface area contributed by atoms with Crippen LogP contribution in [0.3, 0.4) is 0 Å². The predicted molar refractivity (Wildman–Crippen MR) is 83.7 cm³/mol. The van der Waals surface area contributed by atoms with E-state index in [9.17, 15) is 10.1 Å². The standard InChI is InChI=1S/C16H16N6O/c17-9-12-1-4-18-11-15(12)22-7-2-13(3-8-22)21-16(23)14-10-19-5-6-20-14/h1,4-6,10-11,13H,2-3,7-8H2,(H,21,23). The number of nitrogens with zero attached hydrogens (tertiary/aromatic N) is 5. The molecule has 0 aliphatic carbocycles. The van der Waals surface area contributed by atoms with Crippen molar-refractivity contribution in [1.29, 1.82) is 5.26 Å². The molecule has 1 saturated heterocycles. The van der Waals surface area contributed by atoms with E-state index in [2.05, 4.69) is 31.2 Å². The Balaban J connectivity index is 1.59. The van der Waals surface area contributed by atoms with Crippen LogP contribution in [0.15, 0.2) is 37.1 Å². The third-order valence-corrected chi connectivity index (χ3v) is 3.89. The number of hydrogen-bond donors (Lipinski definition) is 1. The van der Waals surface area contributed by atoms with Gasteiger partial charge in [-0.2, -0.15) is 5.26 Å². The summed E-state index contributed by atoms with van der Waals surface area (Å²) in [6, 6.07) is 4.01. The minimum atomic E-state index is -0.198. The van der Waals surface area contributed by atoms with Crippen LogP contribution in [0.2, 0.25) is 0 Å². The Morgan fingerprint density at radius 3 is 2.70 bits per heavy atom. The number of nitrogens with one attached hydrogen (secondary N) is 1. The van der Waals surface area contributed by atoms with Crippen LogP contribution in [0.4, 0.5) is 5.69 Å². The number of rotatable bonds is 3. The van der Waals surface area contributed by atoms with E-state index in [1.165, 1.54) is 18.6 Å². The molecule has 0 saturated carbocycles. The summed E-state index contributed by atoms with van der Waals surface area (Å²) in [5.41, 5.74) is 1.81. The summed E-state index contributed by atoms with van der Waals surface area (Å²) < 4.78 is 0. The molecule has 3 heterocycles. The Morgan fingerprint density at radius 2 is 2.00 bits per heavy atom. The lowest BCUT2D eigenvalue weighted by Gasteiger charge is -2.34. The van der Waals surface area contributed by atoms with Crippen molar-refractivity contribution >= 4 is 11.6 Å². The molecule has 1 fully saturated rings. The van der Waals surface area contributed by atoms with Gasteiger partial charge in [0.2, 0.25) is 0 Å². The van der Waals surface area contributed by atoms with Crippen LogP contribution in [0, 0.1) is 11.3 Å². The molecule has 1 amide bonds. The molecule has 1 aliphatic heterocycles. The van der Waals surface area contributed by atoms with Gasteiger partial charge in [0.1, 0.15) is 11.8 Å². The van der Waals surface area contributed by atoms with E-state index < -0.39 is 0 Å². The maximum Gasteiger partial charge on any atom is 0.271 e. The van der Waals surface area contributed by atoms with Crippen molar-refractivity contribution in [3.05, 3.63) is 48.3 Å². The van der Waals surface area contributed by atoms with Crippen LogP contribution in [0.5, 0.6) is 0 Å². The molecular weight excluding hydrogens is 292 g/mol. The first-order valence-corrected chi connectivity index (χ1v) is 7.44. The van der Waals surface area contributed by atoms with E-state index in [-0.39, 0.29) is 11.9 Å². The SMILES string of the molecule is N#Cc1ccncc1N1CCC(NC(=O)c2cnccn2)CC1. The van der Waals surface area contributed by atoms with Crippen molar-refractivity contribution < 1.29 is 4.79 Å². The molecule has 0 spiro atoms. The van der Waals surface area contributed by atoms with Crippen molar-refractivity contribution in [3.63, 3.8) is 0 Å². The van der Waals surface area contributed by atoms with Gasteiger partial charge in [-0.3, -0.25) is 14.8 Å². The van der Waals surface area contributed by atoms with Gasteiger partial charge in [-0.25, -0.2) is 4.98 Å². The van der Waals surface area contributed by atoms with Crippen molar-refractivity contribution in [2.45, 2.75) is 18.9 Å². The number of hydrogen-bond acceptors (Lipinski definition) is 6. The lowest BCUT2D eigenvalue weighted by molar-refractivity contribution is 0.0925. The molecule has 2 aromatic heterocycles. The lowest BCUT2D eigenvalue weighted by atomic mass is 10.0. The predicted octanol–water partition coefficient (Wildman–Crippen LogP) is 1.14. The van der Waals surface area contributed by atoms with Crippen molar-refractivity contribution in [2.75, 3.05) is 18.0 Å². The number of amides is 1. The third kappa shape index (κ3) is 3.43. The first kappa shape index (κ1) is 14.9. The number of piperidine rings is 1. The number of carbonyl (C=O) groups is 1. The largest absolute Gasteiger partial charge is 0.369 e. The van der Waals surface area contributed by atoms with E-state index in [0.717, 1.165) is 31.6 Å². The second-order valence-corrected chi connectivity index (χ2v) is 5.33. The average molecular weight is 308 g/mol. The summed E-state index contributed by atoms with van der Waals surface area (Å²) in [6.07, 6.45) is 9.46. The number of aromatic nitrogens is 3. The highest BCUT2D eigenvalue weighted by molar-refractivity contribution is 5.92. The van der Waals surface area contributed by atoms with Gasteiger partial charge in [0.25, 0.3) is 5.91 Å². The second-order valence-electron chi connectivity index (χ2n) is 5.33. The van der Waals surface area contributed by atoms with Crippen molar-refractivity contribution in [3.8, 4) is 6.07 Å². The fourth-order valence-electron chi connectivity index (χ4n) is 2.67. The zero-order valence-corrected chi connectivity index (χ0v) is 12.5. The van der Waals surface area contributed by atoms with Crippen LogP contribution < -0.4 is 10.2 Å². The highest BCUT2D eigenvalue weighted by atomic mass is 16.1. The van der Waals surface area contributed by atoms with Crippen LogP contribution in [0.1, 0.15) is 28.9 Å². The molecule has 0 aromatic carbocycles. The first-order valence-electron chi connectivity index (χ1n) is 7.44. The molecule has 1 N–H and O–H groups in total. The van der Waals surface area contributed by atoms with E-state index in [1.54, 1.807) is 18.5 Å². The van der Waals surface area contributed by atoms with Crippen LogP contribution in [-0.4, -0.2) is 40.0 Å². The summed E-state index contributed by atoms with van der Waals surface area (Å²) in [6.45, 7) is 1.54.